The number of ether oxygens (including phenoxy) is 2. The molecular weight excluding hydrogens is 388 g/mol. The Hall–Kier alpha value is -3.88. The van der Waals surface area contributed by atoms with Crippen molar-refractivity contribution >= 4 is 11.6 Å². The highest BCUT2D eigenvalue weighted by Crippen LogP contribution is 2.34. The molecule has 0 spiro atoms. The number of amides is 1. The van der Waals surface area contributed by atoms with E-state index in [4.69, 9.17) is 9.47 Å². The van der Waals surface area contributed by atoms with Gasteiger partial charge in [0.1, 0.15) is 13.2 Å². The molecule has 2 aromatic carbocycles. The first-order valence-electron chi connectivity index (χ1n) is 9.54. The number of fused-ring (bicyclic) bond motifs is 1. The maximum atomic E-state index is 13.0. The molecule has 3 aromatic rings. The zero-order chi connectivity index (χ0) is 21.1. The second-order valence-corrected chi connectivity index (χ2v) is 6.68. The van der Waals surface area contributed by atoms with Gasteiger partial charge in [-0.2, -0.15) is 5.10 Å². The summed E-state index contributed by atoms with van der Waals surface area (Å²) in [4.78, 5) is 25.0. The number of para-hydroxylation sites is 1. The molecule has 154 valence electrons. The zero-order valence-corrected chi connectivity index (χ0v) is 16.4. The van der Waals surface area contributed by atoms with Crippen LogP contribution >= 0.6 is 0 Å². The average molecular weight is 408 g/mol. The van der Waals surface area contributed by atoms with Gasteiger partial charge in [0.2, 0.25) is 0 Å². The summed E-state index contributed by atoms with van der Waals surface area (Å²) >= 11 is 0. The third kappa shape index (κ3) is 3.82. The van der Waals surface area contributed by atoms with Crippen LogP contribution in [0.5, 0.6) is 11.5 Å². The summed E-state index contributed by atoms with van der Waals surface area (Å²) in [6, 6.07) is 13.3. The smallest absolute Gasteiger partial charge is 0.274 e. The Labute approximate surface area is 172 Å². The molecule has 9 nitrogen and oxygen atoms in total. The van der Waals surface area contributed by atoms with E-state index in [1.165, 1.54) is 16.8 Å². The highest BCUT2D eigenvalue weighted by Gasteiger charge is 2.22. The zero-order valence-electron chi connectivity index (χ0n) is 16.4. The maximum absolute atomic E-state index is 13.0. The summed E-state index contributed by atoms with van der Waals surface area (Å²) < 4.78 is 12.9. The molecule has 1 aromatic heterocycles. The van der Waals surface area contributed by atoms with E-state index >= 15 is 0 Å². The van der Waals surface area contributed by atoms with Crippen LogP contribution in [0, 0.1) is 10.1 Å². The summed E-state index contributed by atoms with van der Waals surface area (Å²) in [6.07, 6.45) is 1.66. The molecule has 0 saturated carbocycles. The second-order valence-electron chi connectivity index (χ2n) is 6.68. The molecule has 9 heteroatoms. The number of rotatable bonds is 6. The highest BCUT2D eigenvalue weighted by atomic mass is 16.6. The van der Waals surface area contributed by atoms with Crippen molar-refractivity contribution in [2.24, 2.45) is 0 Å². The van der Waals surface area contributed by atoms with Crippen molar-refractivity contribution in [3.63, 3.8) is 0 Å². The minimum Gasteiger partial charge on any atom is -0.486 e. The van der Waals surface area contributed by atoms with Crippen LogP contribution in [0.2, 0.25) is 0 Å². The van der Waals surface area contributed by atoms with Gasteiger partial charge in [0.25, 0.3) is 11.6 Å². The lowest BCUT2D eigenvalue weighted by atomic mass is 10.1. The number of nitro groups is 1. The summed E-state index contributed by atoms with van der Waals surface area (Å²) in [7, 11) is 0. The molecule has 1 aliphatic heterocycles. The van der Waals surface area contributed by atoms with Gasteiger partial charge in [-0.05, 0) is 31.2 Å². The van der Waals surface area contributed by atoms with Gasteiger partial charge in [0.05, 0.1) is 10.6 Å². The van der Waals surface area contributed by atoms with Crippen LogP contribution in [0.25, 0.3) is 5.69 Å². The molecule has 2 heterocycles. The van der Waals surface area contributed by atoms with Gasteiger partial charge in [-0.15, -0.1) is 0 Å². The van der Waals surface area contributed by atoms with Crippen molar-refractivity contribution < 1.29 is 19.2 Å². The van der Waals surface area contributed by atoms with Crippen molar-refractivity contribution in [1.29, 1.82) is 0 Å². The molecule has 0 radical (unpaired) electrons. The van der Waals surface area contributed by atoms with E-state index in [2.05, 4.69) is 5.10 Å². The van der Waals surface area contributed by atoms with Crippen LogP contribution in [0.3, 0.4) is 0 Å². The van der Waals surface area contributed by atoms with Gasteiger partial charge in [0, 0.05) is 37.0 Å². The normalized spacial score (nSPS) is 12.4. The monoisotopic (exact) mass is 408 g/mol. The van der Waals surface area contributed by atoms with Crippen molar-refractivity contribution in [2.75, 3.05) is 19.8 Å². The predicted molar refractivity (Wildman–Crippen MR) is 108 cm³/mol. The summed E-state index contributed by atoms with van der Waals surface area (Å²) in [5.74, 6) is 1.14. The Morgan fingerprint density at radius 1 is 1.17 bits per heavy atom. The molecule has 0 saturated heterocycles. The number of aromatic nitrogens is 2. The van der Waals surface area contributed by atoms with Crippen molar-refractivity contribution in [3.05, 3.63) is 76.1 Å². The molecule has 0 atom stereocenters. The number of nitro benzene ring substituents is 1. The fourth-order valence-corrected chi connectivity index (χ4v) is 3.26. The van der Waals surface area contributed by atoms with Crippen molar-refractivity contribution in [2.45, 2.75) is 13.5 Å². The predicted octanol–water partition coefficient (Wildman–Crippen LogP) is 3.21. The van der Waals surface area contributed by atoms with Gasteiger partial charge in [-0.25, -0.2) is 4.68 Å². The number of non-ortho nitro benzene ring substituents is 1. The fourth-order valence-electron chi connectivity index (χ4n) is 3.26. The van der Waals surface area contributed by atoms with Gasteiger partial charge >= 0.3 is 0 Å². The summed E-state index contributed by atoms with van der Waals surface area (Å²) in [6.45, 7) is 3.74. The van der Waals surface area contributed by atoms with E-state index in [9.17, 15) is 14.9 Å². The second kappa shape index (κ2) is 8.24. The van der Waals surface area contributed by atoms with Crippen LogP contribution in [-0.2, 0) is 6.54 Å². The van der Waals surface area contributed by atoms with E-state index in [-0.39, 0.29) is 17.3 Å². The van der Waals surface area contributed by atoms with E-state index in [1.807, 2.05) is 25.1 Å². The number of carbonyl (C=O) groups is 1. The lowest BCUT2D eigenvalue weighted by Crippen LogP contribution is -2.31. The third-order valence-electron chi connectivity index (χ3n) is 4.81. The van der Waals surface area contributed by atoms with Crippen LogP contribution in [0.15, 0.2) is 54.7 Å². The quantitative estimate of drug-likeness (QED) is 0.459. The molecule has 0 bridgehead atoms. The van der Waals surface area contributed by atoms with E-state index in [1.54, 1.807) is 29.3 Å². The summed E-state index contributed by atoms with van der Waals surface area (Å²) in [5.41, 5.74) is 1.79. The van der Waals surface area contributed by atoms with Gasteiger partial charge in [0.15, 0.2) is 17.2 Å². The molecule has 1 aliphatic rings. The largest absolute Gasteiger partial charge is 0.486 e. The highest BCUT2D eigenvalue weighted by molar-refractivity contribution is 5.92. The molecule has 0 N–H and O–H groups in total. The number of carbonyl (C=O) groups excluding carboxylic acids is 1. The van der Waals surface area contributed by atoms with E-state index in [0.29, 0.717) is 43.5 Å². The third-order valence-corrected chi connectivity index (χ3v) is 4.81. The molecule has 30 heavy (non-hydrogen) atoms. The first kappa shape index (κ1) is 19.4. The minimum absolute atomic E-state index is 0.00300. The van der Waals surface area contributed by atoms with Crippen LogP contribution < -0.4 is 9.47 Å². The Bertz CT molecular complexity index is 1080. The Balaban J connectivity index is 1.53. The lowest BCUT2D eigenvalue weighted by Gasteiger charge is -2.25. The first-order chi connectivity index (χ1) is 14.6. The maximum Gasteiger partial charge on any atom is 0.274 e. The molecular formula is C21H20N4O5. The first-order valence-corrected chi connectivity index (χ1v) is 9.54. The molecule has 0 aliphatic carbocycles. The van der Waals surface area contributed by atoms with Gasteiger partial charge < -0.3 is 14.4 Å². The van der Waals surface area contributed by atoms with Crippen LogP contribution in [0.1, 0.15) is 23.0 Å². The number of nitrogens with zero attached hydrogens (tertiary/aromatic N) is 4. The summed E-state index contributed by atoms with van der Waals surface area (Å²) in [5, 5.41) is 15.2. The minimum atomic E-state index is -0.460. The topological polar surface area (TPSA) is 99.7 Å². The molecule has 0 unspecified atom stereocenters. The van der Waals surface area contributed by atoms with Crippen molar-refractivity contribution in [3.8, 4) is 17.2 Å². The Morgan fingerprint density at radius 3 is 2.67 bits per heavy atom. The average Bonchev–Trinajstić information content (AvgIpc) is 3.27. The van der Waals surface area contributed by atoms with Crippen LogP contribution in [-0.4, -0.2) is 45.3 Å². The lowest BCUT2D eigenvalue weighted by molar-refractivity contribution is -0.384. The van der Waals surface area contributed by atoms with Crippen molar-refractivity contribution in [1.82, 2.24) is 14.7 Å². The standard InChI is InChI=1S/C21H20N4O5/c1-2-23(14-15-4-3-5-19-20(15)30-13-12-29-19)21(26)18-10-11-24(22-18)16-6-8-17(9-7-16)25(27)28/h3-11H,2,12-14H2,1H3. The molecule has 0 fully saturated rings. The van der Waals surface area contributed by atoms with Gasteiger partial charge in [-0.1, -0.05) is 12.1 Å². The number of hydrogen-bond donors (Lipinski definition) is 0. The van der Waals surface area contributed by atoms with E-state index < -0.39 is 4.92 Å². The van der Waals surface area contributed by atoms with Gasteiger partial charge in [-0.3, -0.25) is 14.9 Å². The molecule has 4 rings (SSSR count). The SMILES string of the molecule is CCN(Cc1cccc2c1OCCO2)C(=O)c1ccn(-c2ccc([N+](=O)[O-])cc2)n1. The van der Waals surface area contributed by atoms with Crippen LogP contribution in [0.4, 0.5) is 5.69 Å². The van der Waals surface area contributed by atoms with E-state index in [0.717, 1.165) is 5.56 Å². The Kier molecular flexibility index (Phi) is 5.34. The Morgan fingerprint density at radius 2 is 1.93 bits per heavy atom. The number of benzene rings is 2. The fraction of sp³-hybridized carbons (Fsp3) is 0.238. The number of hydrogen-bond acceptors (Lipinski definition) is 6. The molecule has 1 amide bonds.